The van der Waals surface area contributed by atoms with Crippen LogP contribution in [0.1, 0.15) is 66.1 Å². The molecule has 13 heteroatoms. The molecule has 0 radical (unpaired) electrons. The first-order valence-corrected chi connectivity index (χ1v) is 16.7. The first-order chi connectivity index (χ1) is 22.0. The molecular weight excluding hydrogens is 625 g/mol. The molecule has 3 fully saturated rings. The van der Waals surface area contributed by atoms with Gasteiger partial charge in [-0.2, -0.15) is 0 Å². The monoisotopic (exact) mass is 656 g/mol. The molecule has 4 aromatic rings. The van der Waals surface area contributed by atoms with Crippen LogP contribution < -0.4 is 9.46 Å². The molecule has 46 heavy (non-hydrogen) atoms. The van der Waals surface area contributed by atoms with Gasteiger partial charge < -0.3 is 19.1 Å². The molecule has 9 nitrogen and oxygen atoms in total. The summed E-state index contributed by atoms with van der Waals surface area (Å²) in [4.78, 5) is 11.5. The van der Waals surface area contributed by atoms with Gasteiger partial charge in [0, 0.05) is 28.5 Å². The van der Waals surface area contributed by atoms with Gasteiger partial charge in [-0.25, -0.2) is 17.9 Å². The van der Waals surface area contributed by atoms with Gasteiger partial charge in [-0.05, 0) is 86.1 Å². The first kappa shape index (κ1) is 30.7. The molecule has 1 heterocycles. The number of carboxylic acid groups (broad SMARTS) is 1. The fourth-order valence-electron chi connectivity index (χ4n) is 7.08. The average molecular weight is 657 g/mol. The van der Waals surface area contributed by atoms with E-state index in [1.807, 2.05) is 0 Å². The minimum absolute atomic E-state index is 0.0397. The summed E-state index contributed by atoms with van der Waals surface area (Å²) in [6.45, 7) is 0.0971. The number of benzene rings is 3. The van der Waals surface area contributed by atoms with Crippen molar-refractivity contribution in [2.24, 2.45) is 11.8 Å². The molecule has 1 aromatic heterocycles. The maximum absolute atomic E-state index is 13.7. The summed E-state index contributed by atoms with van der Waals surface area (Å²) in [5, 5.41) is 14.5. The summed E-state index contributed by atoms with van der Waals surface area (Å²) in [5.41, 5.74) is 1.11. The van der Waals surface area contributed by atoms with Gasteiger partial charge in [0.15, 0.2) is 0 Å². The number of nitrogens with zero attached hydrogens (tertiary/aromatic N) is 1. The highest BCUT2D eigenvalue weighted by atomic mass is 32.2. The topological polar surface area (TPSA) is 128 Å². The van der Waals surface area contributed by atoms with Crippen molar-refractivity contribution in [1.29, 1.82) is 0 Å². The van der Waals surface area contributed by atoms with E-state index in [9.17, 15) is 31.5 Å². The number of aromatic nitrogens is 1. The quantitative estimate of drug-likeness (QED) is 0.186. The van der Waals surface area contributed by atoms with Crippen LogP contribution in [0.4, 0.5) is 13.2 Å². The number of sulfonamides is 1. The molecule has 0 aliphatic heterocycles. The van der Waals surface area contributed by atoms with E-state index in [0.717, 1.165) is 25.7 Å². The molecule has 0 unspecified atom stereocenters. The van der Waals surface area contributed by atoms with Crippen LogP contribution in [0.3, 0.4) is 0 Å². The predicted molar refractivity (Wildman–Crippen MR) is 160 cm³/mol. The minimum atomic E-state index is -4.87. The molecule has 4 atom stereocenters. The average Bonchev–Trinajstić information content (AvgIpc) is 3.73. The Morgan fingerprint density at radius 2 is 1.74 bits per heavy atom. The van der Waals surface area contributed by atoms with Crippen LogP contribution in [-0.4, -0.2) is 43.2 Å². The number of ether oxygens (including phenoxy) is 2. The van der Waals surface area contributed by atoms with Gasteiger partial charge in [0.1, 0.15) is 17.2 Å². The van der Waals surface area contributed by atoms with E-state index in [1.54, 1.807) is 18.2 Å². The van der Waals surface area contributed by atoms with Crippen molar-refractivity contribution in [3.8, 4) is 17.0 Å². The Labute approximate surface area is 262 Å². The zero-order valence-electron chi connectivity index (χ0n) is 24.5. The summed E-state index contributed by atoms with van der Waals surface area (Å²) in [6, 6.07) is 14.7. The lowest BCUT2D eigenvalue weighted by Gasteiger charge is -2.35. The van der Waals surface area contributed by atoms with Crippen molar-refractivity contribution in [3.63, 3.8) is 0 Å². The van der Waals surface area contributed by atoms with Crippen LogP contribution in [0.15, 0.2) is 70.1 Å². The number of hydrogen-bond acceptors (Lipinski definition) is 7. The van der Waals surface area contributed by atoms with Gasteiger partial charge in [-0.3, -0.25) is 0 Å². The minimum Gasteiger partial charge on any atom is -0.478 e. The third kappa shape index (κ3) is 6.10. The number of aromatic carboxylic acids is 1. The molecule has 0 amide bonds. The Kier molecular flexibility index (Phi) is 7.81. The molecule has 2 N–H and O–H groups in total. The van der Waals surface area contributed by atoms with E-state index in [4.69, 9.17) is 9.26 Å². The van der Waals surface area contributed by atoms with Crippen molar-refractivity contribution in [2.45, 2.75) is 74.5 Å². The van der Waals surface area contributed by atoms with E-state index in [2.05, 4.69) is 14.6 Å². The fourth-order valence-corrected chi connectivity index (χ4v) is 8.68. The molecular formula is C33H31F3N2O7S. The Morgan fingerprint density at radius 1 is 1.00 bits per heavy atom. The summed E-state index contributed by atoms with van der Waals surface area (Å²) < 4.78 is 86.0. The van der Waals surface area contributed by atoms with Crippen molar-refractivity contribution >= 4 is 26.8 Å². The number of halogens is 3. The molecule has 3 saturated carbocycles. The Balaban J connectivity index is 1.07. The third-order valence-electron chi connectivity index (χ3n) is 9.32. The zero-order chi connectivity index (χ0) is 32.2. The molecule has 3 aromatic carbocycles. The SMILES string of the molecule is O=C(O)c1ccc2c(S(=O)(=O)N[C@@H]3[C@@H]4CC[C@H]3C[C@@H](OCc3c(-c5ccccc5OC(F)(F)F)noc3C3CC3)C4)cccc2c1. The van der Waals surface area contributed by atoms with Crippen molar-refractivity contribution in [3.05, 3.63) is 77.6 Å². The number of fused-ring (bicyclic) bond motifs is 3. The summed E-state index contributed by atoms with van der Waals surface area (Å²) in [5.74, 6) is -0.622. The number of carboxylic acids is 1. The predicted octanol–water partition coefficient (Wildman–Crippen LogP) is 7.02. The zero-order valence-corrected chi connectivity index (χ0v) is 25.3. The molecule has 3 aliphatic rings. The number of hydrogen-bond donors (Lipinski definition) is 2. The van der Waals surface area contributed by atoms with Gasteiger partial charge in [0.05, 0.1) is 23.2 Å². The van der Waals surface area contributed by atoms with Gasteiger partial charge in [0.25, 0.3) is 0 Å². The lowest BCUT2D eigenvalue weighted by atomic mass is 9.83. The van der Waals surface area contributed by atoms with Gasteiger partial charge >= 0.3 is 12.3 Å². The van der Waals surface area contributed by atoms with Gasteiger partial charge in [0.2, 0.25) is 10.0 Å². The number of rotatable bonds is 10. The molecule has 0 spiro atoms. The van der Waals surface area contributed by atoms with Crippen LogP contribution in [0.2, 0.25) is 0 Å². The summed E-state index contributed by atoms with van der Waals surface area (Å²) in [6.07, 6.45) is -0.340. The number of alkyl halides is 3. The molecule has 242 valence electrons. The standard InChI is InChI=1S/C33H31F3N2O7S/c34-33(35,36)44-27-6-2-1-5-25(27)30-26(31(45-37-30)18-8-9-18)17-43-23-15-20-10-11-21(16-23)29(20)38-46(41,42)28-7-3-4-19-14-22(32(39)40)12-13-24(19)28/h1-7,12-14,18,20-21,23,29,38H,8-11,15-17H2,(H,39,40)/t20-,21+,23+,29-. The molecule has 0 saturated heterocycles. The first-order valence-electron chi connectivity index (χ1n) is 15.2. The summed E-state index contributed by atoms with van der Waals surface area (Å²) in [7, 11) is -3.92. The van der Waals surface area contributed by atoms with E-state index in [0.29, 0.717) is 34.9 Å². The second-order valence-electron chi connectivity index (χ2n) is 12.3. The van der Waals surface area contributed by atoms with Gasteiger partial charge in [-0.1, -0.05) is 35.5 Å². The summed E-state index contributed by atoms with van der Waals surface area (Å²) >= 11 is 0. The maximum atomic E-state index is 13.7. The Morgan fingerprint density at radius 3 is 2.43 bits per heavy atom. The number of para-hydroxylation sites is 1. The number of carbonyl (C=O) groups is 1. The largest absolute Gasteiger partial charge is 0.573 e. The van der Waals surface area contributed by atoms with Gasteiger partial charge in [-0.15, -0.1) is 13.2 Å². The second-order valence-corrected chi connectivity index (χ2v) is 14.0. The highest BCUT2D eigenvalue weighted by molar-refractivity contribution is 7.89. The van der Waals surface area contributed by atoms with Crippen molar-refractivity contribution in [2.75, 3.05) is 0 Å². The Bertz CT molecular complexity index is 1890. The highest BCUT2D eigenvalue weighted by Crippen LogP contribution is 2.47. The van der Waals surface area contributed by atoms with Crippen LogP contribution in [0.5, 0.6) is 5.75 Å². The van der Waals surface area contributed by atoms with E-state index >= 15 is 0 Å². The van der Waals surface area contributed by atoms with Crippen LogP contribution in [-0.2, 0) is 21.4 Å². The fraction of sp³-hybridized carbons (Fsp3) is 0.394. The van der Waals surface area contributed by atoms with Crippen LogP contribution in [0.25, 0.3) is 22.0 Å². The smallest absolute Gasteiger partial charge is 0.478 e. The van der Waals surface area contributed by atoms with Crippen LogP contribution in [0, 0.1) is 11.8 Å². The van der Waals surface area contributed by atoms with E-state index in [1.165, 1.54) is 42.5 Å². The highest BCUT2D eigenvalue weighted by Gasteiger charge is 2.45. The second kappa shape index (κ2) is 11.7. The molecule has 3 aliphatic carbocycles. The van der Waals surface area contributed by atoms with E-state index in [-0.39, 0.29) is 64.0 Å². The number of nitrogens with one attached hydrogen (secondary N) is 1. The lowest BCUT2D eigenvalue weighted by molar-refractivity contribution is -0.274. The molecule has 2 bridgehead atoms. The Hall–Kier alpha value is -3.94. The molecule has 7 rings (SSSR count). The maximum Gasteiger partial charge on any atom is 0.573 e. The lowest BCUT2D eigenvalue weighted by Crippen LogP contribution is -2.46. The normalized spacial score (nSPS) is 23.1. The van der Waals surface area contributed by atoms with Crippen molar-refractivity contribution < 1.29 is 45.5 Å². The van der Waals surface area contributed by atoms with Crippen LogP contribution >= 0.6 is 0 Å². The van der Waals surface area contributed by atoms with E-state index < -0.39 is 22.4 Å². The van der Waals surface area contributed by atoms with Crippen molar-refractivity contribution in [1.82, 2.24) is 9.88 Å². The third-order valence-corrected chi connectivity index (χ3v) is 10.8.